The minimum absolute atomic E-state index is 0.112. The van der Waals surface area contributed by atoms with Crippen LogP contribution in [0.2, 0.25) is 5.02 Å². The Morgan fingerprint density at radius 1 is 1.45 bits per heavy atom. The zero-order valence-corrected chi connectivity index (χ0v) is 13.9. The molecule has 4 nitrogen and oxygen atoms in total. The number of amides is 1. The summed E-state index contributed by atoms with van der Waals surface area (Å²) >= 11 is 5.88. The number of piperidine rings is 1. The van der Waals surface area contributed by atoms with Crippen molar-refractivity contribution in [2.75, 3.05) is 26.2 Å². The van der Waals surface area contributed by atoms with Crippen LogP contribution in [0.15, 0.2) is 24.3 Å². The second-order valence-corrected chi connectivity index (χ2v) is 6.36. The van der Waals surface area contributed by atoms with Crippen LogP contribution in [0.5, 0.6) is 5.75 Å². The van der Waals surface area contributed by atoms with Crippen LogP contribution < -0.4 is 15.4 Å². The molecule has 2 N–H and O–H groups in total. The van der Waals surface area contributed by atoms with Crippen molar-refractivity contribution < 1.29 is 9.53 Å². The number of nitrogens with one attached hydrogen (secondary N) is 2. The lowest BCUT2D eigenvalue weighted by atomic mass is 9.84. The van der Waals surface area contributed by atoms with E-state index in [1.165, 1.54) is 12.8 Å². The summed E-state index contributed by atoms with van der Waals surface area (Å²) in [7, 11) is 0. The van der Waals surface area contributed by atoms with Crippen LogP contribution in [0.4, 0.5) is 0 Å². The molecule has 0 aromatic heterocycles. The summed E-state index contributed by atoms with van der Waals surface area (Å²) in [5.74, 6) is 1.94. The Morgan fingerprint density at radius 2 is 2.23 bits per heavy atom. The summed E-state index contributed by atoms with van der Waals surface area (Å²) in [6.07, 6.45) is 2.94. The van der Waals surface area contributed by atoms with Gasteiger partial charge in [-0.15, -0.1) is 0 Å². The number of rotatable bonds is 7. The van der Waals surface area contributed by atoms with Crippen LogP contribution in [-0.2, 0) is 4.79 Å². The monoisotopic (exact) mass is 324 g/mol. The van der Waals surface area contributed by atoms with Gasteiger partial charge in [0, 0.05) is 11.4 Å². The van der Waals surface area contributed by atoms with Crippen LogP contribution in [-0.4, -0.2) is 32.1 Å². The molecule has 0 aliphatic carbocycles. The Bertz CT molecular complexity index is 475. The van der Waals surface area contributed by atoms with E-state index >= 15 is 0 Å². The fourth-order valence-electron chi connectivity index (χ4n) is 2.86. The van der Waals surface area contributed by atoms with Crippen molar-refractivity contribution in [1.29, 1.82) is 0 Å². The maximum absolute atomic E-state index is 12.0. The fraction of sp³-hybridized carbons (Fsp3) is 0.588. The minimum atomic E-state index is 0.112. The highest BCUT2D eigenvalue weighted by atomic mass is 35.5. The lowest BCUT2D eigenvalue weighted by Gasteiger charge is -2.27. The van der Waals surface area contributed by atoms with Crippen molar-refractivity contribution in [3.8, 4) is 5.75 Å². The standard InChI is InChI=1S/C17H25ClN2O2/c1-13(14-5-7-19-8-6-14)11-17(21)20-9-10-22-16-4-2-3-15(18)12-16/h2-4,12-14,19H,5-11H2,1H3,(H,20,21). The Kier molecular flexibility index (Phi) is 7.00. The minimum Gasteiger partial charge on any atom is -0.492 e. The van der Waals surface area contributed by atoms with E-state index in [4.69, 9.17) is 16.3 Å². The largest absolute Gasteiger partial charge is 0.492 e. The topological polar surface area (TPSA) is 50.4 Å². The maximum Gasteiger partial charge on any atom is 0.220 e. The molecular formula is C17H25ClN2O2. The molecular weight excluding hydrogens is 300 g/mol. The van der Waals surface area contributed by atoms with Crippen LogP contribution in [0.3, 0.4) is 0 Å². The van der Waals surface area contributed by atoms with E-state index in [1.54, 1.807) is 12.1 Å². The van der Waals surface area contributed by atoms with E-state index in [9.17, 15) is 4.79 Å². The van der Waals surface area contributed by atoms with Gasteiger partial charge in [0.1, 0.15) is 12.4 Å². The Balaban J connectivity index is 1.61. The van der Waals surface area contributed by atoms with E-state index in [0.717, 1.165) is 18.8 Å². The fourth-order valence-corrected chi connectivity index (χ4v) is 3.04. The number of carbonyl (C=O) groups excluding carboxylic acids is 1. The van der Waals surface area contributed by atoms with E-state index in [1.807, 2.05) is 12.1 Å². The molecule has 1 saturated heterocycles. The number of hydrogen-bond acceptors (Lipinski definition) is 3. The summed E-state index contributed by atoms with van der Waals surface area (Å²) < 4.78 is 5.55. The Morgan fingerprint density at radius 3 is 2.95 bits per heavy atom. The van der Waals surface area contributed by atoms with Gasteiger partial charge in [-0.2, -0.15) is 0 Å². The zero-order chi connectivity index (χ0) is 15.8. The van der Waals surface area contributed by atoms with Gasteiger partial charge >= 0.3 is 0 Å². The average Bonchev–Trinajstić information content (AvgIpc) is 2.52. The molecule has 1 aromatic carbocycles. The number of carbonyl (C=O) groups is 1. The molecule has 5 heteroatoms. The number of halogens is 1. The molecule has 22 heavy (non-hydrogen) atoms. The molecule has 0 spiro atoms. The summed E-state index contributed by atoms with van der Waals surface area (Å²) in [4.78, 5) is 12.0. The summed E-state index contributed by atoms with van der Waals surface area (Å²) in [5.41, 5.74) is 0. The van der Waals surface area contributed by atoms with Gasteiger partial charge in [-0.1, -0.05) is 24.6 Å². The quantitative estimate of drug-likeness (QED) is 0.758. The molecule has 1 aliphatic rings. The highest BCUT2D eigenvalue weighted by Crippen LogP contribution is 2.24. The van der Waals surface area contributed by atoms with E-state index in [-0.39, 0.29) is 5.91 Å². The smallest absolute Gasteiger partial charge is 0.220 e. The van der Waals surface area contributed by atoms with Crippen molar-refractivity contribution in [3.63, 3.8) is 0 Å². The first kappa shape index (κ1) is 17.1. The van der Waals surface area contributed by atoms with Gasteiger partial charge < -0.3 is 15.4 Å². The van der Waals surface area contributed by atoms with Gasteiger partial charge in [-0.3, -0.25) is 4.79 Å². The van der Waals surface area contributed by atoms with Crippen LogP contribution in [0, 0.1) is 11.8 Å². The van der Waals surface area contributed by atoms with E-state index < -0.39 is 0 Å². The predicted molar refractivity (Wildman–Crippen MR) is 89.3 cm³/mol. The summed E-state index contributed by atoms with van der Waals surface area (Å²) in [6.45, 7) is 5.30. The number of ether oxygens (including phenoxy) is 1. The highest BCUT2D eigenvalue weighted by molar-refractivity contribution is 6.30. The molecule has 1 heterocycles. The predicted octanol–water partition coefficient (Wildman–Crippen LogP) is 2.86. The zero-order valence-electron chi connectivity index (χ0n) is 13.1. The van der Waals surface area contributed by atoms with Crippen LogP contribution in [0.25, 0.3) is 0 Å². The summed E-state index contributed by atoms with van der Waals surface area (Å²) in [6, 6.07) is 7.27. The first-order chi connectivity index (χ1) is 10.6. The second-order valence-electron chi connectivity index (χ2n) is 5.92. The summed E-state index contributed by atoms with van der Waals surface area (Å²) in [5, 5.41) is 6.93. The molecule has 0 saturated carbocycles. The first-order valence-corrected chi connectivity index (χ1v) is 8.38. The van der Waals surface area contributed by atoms with Gasteiger partial charge in [0.25, 0.3) is 0 Å². The lowest BCUT2D eigenvalue weighted by molar-refractivity contribution is -0.122. The van der Waals surface area contributed by atoms with Crippen LogP contribution in [0.1, 0.15) is 26.2 Å². The maximum atomic E-state index is 12.0. The highest BCUT2D eigenvalue weighted by Gasteiger charge is 2.21. The molecule has 2 rings (SSSR count). The number of hydrogen-bond donors (Lipinski definition) is 2. The van der Waals surface area contributed by atoms with Crippen molar-refractivity contribution >= 4 is 17.5 Å². The molecule has 1 amide bonds. The Hall–Kier alpha value is -1.26. The third-order valence-electron chi connectivity index (χ3n) is 4.18. The normalized spacial score (nSPS) is 17.0. The van der Waals surface area contributed by atoms with Gasteiger partial charge in [-0.05, 0) is 56.0 Å². The van der Waals surface area contributed by atoms with E-state index in [2.05, 4.69) is 17.6 Å². The molecule has 0 radical (unpaired) electrons. The number of benzene rings is 1. The average molecular weight is 325 g/mol. The van der Waals surface area contributed by atoms with Gasteiger partial charge in [0.15, 0.2) is 0 Å². The van der Waals surface area contributed by atoms with Gasteiger partial charge in [-0.25, -0.2) is 0 Å². The molecule has 1 fully saturated rings. The third kappa shape index (κ3) is 5.85. The van der Waals surface area contributed by atoms with Crippen molar-refractivity contribution in [2.24, 2.45) is 11.8 Å². The Labute approximate surface area is 137 Å². The molecule has 1 unspecified atom stereocenters. The molecule has 122 valence electrons. The molecule has 1 atom stereocenters. The van der Waals surface area contributed by atoms with Crippen LogP contribution >= 0.6 is 11.6 Å². The van der Waals surface area contributed by atoms with Gasteiger partial charge in [0.2, 0.25) is 5.91 Å². The molecule has 1 aliphatic heterocycles. The van der Waals surface area contributed by atoms with Crippen molar-refractivity contribution in [3.05, 3.63) is 29.3 Å². The molecule has 1 aromatic rings. The third-order valence-corrected chi connectivity index (χ3v) is 4.42. The van der Waals surface area contributed by atoms with Gasteiger partial charge in [0.05, 0.1) is 6.54 Å². The van der Waals surface area contributed by atoms with Crippen molar-refractivity contribution in [2.45, 2.75) is 26.2 Å². The first-order valence-electron chi connectivity index (χ1n) is 8.01. The SMILES string of the molecule is CC(CC(=O)NCCOc1cccc(Cl)c1)C1CCNCC1. The second kappa shape index (κ2) is 9.01. The van der Waals surface area contributed by atoms with Crippen molar-refractivity contribution in [1.82, 2.24) is 10.6 Å². The molecule has 0 bridgehead atoms. The van der Waals surface area contributed by atoms with E-state index in [0.29, 0.717) is 36.4 Å². The lowest BCUT2D eigenvalue weighted by Crippen LogP contribution is -2.34.